The fraction of sp³-hybridized carbons (Fsp3) is 0.174. The van der Waals surface area contributed by atoms with Gasteiger partial charge in [-0.25, -0.2) is 26.0 Å². The molecule has 0 atom stereocenters. The molecule has 0 spiro atoms. The van der Waals surface area contributed by atoms with Crippen LogP contribution in [0, 0.1) is 23.3 Å². The van der Waals surface area contributed by atoms with Crippen LogP contribution in [-0.2, 0) is 22.9 Å². The highest BCUT2D eigenvalue weighted by Crippen LogP contribution is 2.34. The summed E-state index contributed by atoms with van der Waals surface area (Å²) in [5, 5.41) is 0. The lowest BCUT2D eigenvalue weighted by molar-refractivity contribution is 0.0985. The Morgan fingerprint density at radius 3 is 2.31 bits per heavy atom. The molecule has 0 fully saturated rings. The van der Waals surface area contributed by atoms with Crippen molar-refractivity contribution in [3.8, 4) is 0 Å². The first-order chi connectivity index (χ1) is 15.2. The van der Waals surface area contributed by atoms with E-state index in [1.807, 2.05) is 0 Å². The van der Waals surface area contributed by atoms with Crippen LogP contribution >= 0.6 is 0 Å². The van der Waals surface area contributed by atoms with E-state index in [1.54, 1.807) is 12.1 Å². The van der Waals surface area contributed by atoms with Crippen LogP contribution in [0.2, 0.25) is 0 Å². The molecule has 0 aliphatic carbocycles. The minimum Gasteiger partial charge on any atom is -0.294 e. The fourth-order valence-electron chi connectivity index (χ4n) is 3.79. The van der Waals surface area contributed by atoms with Gasteiger partial charge in [0.1, 0.15) is 28.2 Å². The van der Waals surface area contributed by atoms with Crippen LogP contribution in [0.1, 0.15) is 27.9 Å². The highest BCUT2D eigenvalue weighted by molar-refractivity contribution is 7.92. The number of halogens is 4. The number of nitrogens with zero attached hydrogens (tertiary/aromatic N) is 1. The first-order valence-corrected chi connectivity index (χ1v) is 11.2. The molecule has 0 radical (unpaired) electrons. The average molecular weight is 463 g/mol. The molecule has 3 aromatic rings. The quantitative estimate of drug-likeness (QED) is 0.403. The Kier molecular flexibility index (Phi) is 5.77. The molecule has 1 heterocycles. The van der Waals surface area contributed by atoms with Gasteiger partial charge in [0.05, 0.1) is 11.3 Å². The van der Waals surface area contributed by atoms with Crippen molar-refractivity contribution >= 4 is 21.5 Å². The number of fused-ring (bicyclic) bond motifs is 1. The molecule has 4 nitrogen and oxygen atoms in total. The van der Waals surface area contributed by atoms with Gasteiger partial charge < -0.3 is 0 Å². The van der Waals surface area contributed by atoms with Crippen molar-refractivity contribution in [2.45, 2.75) is 24.2 Å². The molecule has 0 N–H and O–H groups in total. The second kappa shape index (κ2) is 8.38. The van der Waals surface area contributed by atoms with Gasteiger partial charge in [-0.2, -0.15) is 0 Å². The molecule has 166 valence electrons. The standard InChI is InChI=1S/C23H17F4NO3S/c24-16-8-9-22(19(27)13-16)32(30,31)28-10-2-3-15-7-6-14(11-20(15)28)12-21(29)23-17(25)4-1-5-18(23)26/h1,4-9,11,13H,2-3,10,12H2. The third kappa shape index (κ3) is 4.00. The van der Waals surface area contributed by atoms with E-state index in [1.165, 1.54) is 6.07 Å². The topological polar surface area (TPSA) is 54.5 Å². The van der Waals surface area contributed by atoms with Crippen LogP contribution in [0.5, 0.6) is 0 Å². The van der Waals surface area contributed by atoms with E-state index in [0.717, 1.165) is 34.6 Å². The zero-order chi connectivity index (χ0) is 23.0. The highest BCUT2D eigenvalue weighted by atomic mass is 32.2. The first kappa shape index (κ1) is 22.0. The number of benzene rings is 3. The third-order valence-corrected chi connectivity index (χ3v) is 7.14. The van der Waals surface area contributed by atoms with Crippen molar-refractivity contribution < 1.29 is 30.8 Å². The number of aryl methyl sites for hydroxylation is 1. The van der Waals surface area contributed by atoms with Crippen molar-refractivity contribution in [1.82, 2.24) is 0 Å². The predicted octanol–water partition coefficient (Wildman–Crippen LogP) is 4.81. The number of carbonyl (C=O) groups excluding carboxylic acids is 1. The summed E-state index contributed by atoms with van der Waals surface area (Å²) in [7, 11) is -4.35. The van der Waals surface area contributed by atoms with Gasteiger partial charge in [0.15, 0.2) is 5.78 Å². The lowest BCUT2D eigenvalue weighted by atomic mass is 9.97. The minimum absolute atomic E-state index is 0.0610. The number of Topliss-reactive ketones (excluding diaryl/α,β-unsaturated/α-hetero) is 1. The SMILES string of the molecule is O=C(Cc1ccc2c(c1)N(S(=O)(=O)c1ccc(F)cc1F)CCC2)c1c(F)cccc1F. The van der Waals surface area contributed by atoms with Crippen molar-refractivity contribution in [1.29, 1.82) is 0 Å². The second-order valence-corrected chi connectivity index (χ2v) is 9.25. The molecule has 3 aromatic carbocycles. The summed E-state index contributed by atoms with van der Waals surface area (Å²) in [5.41, 5.74) is 0.594. The van der Waals surface area contributed by atoms with Crippen LogP contribution in [0.4, 0.5) is 23.2 Å². The van der Waals surface area contributed by atoms with Gasteiger partial charge in [0.25, 0.3) is 10.0 Å². The Labute approximate surface area is 182 Å². The number of hydrogen-bond donors (Lipinski definition) is 0. The third-order valence-electron chi connectivity index (χ3n) is 5.29. The van der Waals surface area contributed by atoms with E-state index < -0.39 is 49.5 Å². The van der Waals surface area contributed by atoms with E-state index >= 15 is 0 Å². The second-order valence-electron chi connectivity index (χ2n) is 7.42. The van der Waals surface area contributed by atoms with E-state index in [0.29, 0.717) is 30.0 Å². The Balaban J connectivity index is 1.70. The Morgan fingerprint density at radius 2 is 1.62 bits per heavy atom. The molecule has 4 rings (SSSR count). The summed E-state index contributed by atoms with van der Waals surface area (Å²) in [6, 6.07) is 10.0. The van der Waals surface area contributed by atoms with Crippen LogP contribution in [0.25, 0.3) is 0 Å². The van der Waals surface area contributed by atoms with Gasteiger partial charge in [-0.15, -0.1) is 0 Å². The summed E-state index contributed by atoms with van der Waals surface area (Å²) in [6.45, 7) is 0.0610. The summed E-state index contributed by atoms with van der Waals surface area (Å²) < 4.78 is 82.6. The summed E-state index contributed by atoms with van der Waals surface area (Å²) in [4.78, 5) is 11.8. The molecule has 32 heavy (non-hydrogen) atoms. The summed E-state index contributed by atoms with van der Waals surface area (Å²) in [5.74, 6) is -4.87. The molecule has 0 bridgehead atoms. The molecule has 1 aliphatic rings. The average Bonchev–Trinajstić information content (AvgIpc) is 2.72. The monoisotopic (exact) mass is 463 g/mol. The van der Waals surface area contributed by atoms with Crippen LogP contribution in [0.15, 0.2) is 59.5 Å². The van der Waals surface area contributed by atoms with E-state index in [-0.39, 0.29) is 18.7 Å². The molecular formula is C23H17F4NO3S. The molecule has 0 unspecified atom stereocenters. The van der Waals surface area contributed by atoms with Gasteiger partial charge in [0, 0.05) is 19.0 Å². The van der Waals surface area contributed by atoms with E-state index in [9.17, 15) is 30.8 Å². The molecule has 0 aromatic heterocycles. The smallest absolute Gasteiger partial charge is 0.267 e. The van der Waals surface area contributed by atoms with Crippen molar-refractivity contribution in [3.63, 3.8) is 0 Å². The van der Waals surface area contributed by atoms with Crippen LogP contribution < -0.4 is 4.31 Å². The van der Waals surface area contributed by atoms with Crippen LogP contribution in [0.3, 0.4) is 0 Å². The van der Waals surface area contributed by atoms with Gasteiger partial charge >= 0.3 is 0 Å². The van der Waals surface area contributed by atoms with Gasteiger partial charge in [-0.05, 0) is 54.3 Å². The fourth-order valence-corrected chi connectivity index (χ4v) is 5.37. The number of rotatable bonds is 5. The molecule has 0 saturated carbocycles. The molecule has 0 saturated heterocycles. The lowest BCUT2D eigenvalue weighted by Crippen LogP contribution is -2.36. The Bertz CT molecular complexity index is 1300. The lowest BCUT2D eigenvalue weighted by Gasteiger charge is -2.31. The molecular weight excluding hydrogens is 446 g/mol. The Morgan fingerprint density at radius 1 is 0.906 bits per heavy atom. The minimum atomic E-state index is -4.35. The summed E-state index contributed by atoms with van der Waals surface area (Å²) in [6.07, 6.45) is 0.682. The Hall–Kier alpha value is -3.20. The maximum Gasteiger partial charge on any atom is 0.267 e. The highest BCUT2D eigenvalue weighted by Gasteiger charge is 2.32. The molecule has 9 heteroatoms. The van der Waals surface area contributed by atoms with Gasteiger partial charge in [-0.3, -0.25) is 9.10 Å². The van der Waals surface area contributed by atoms with Crippen LogP contribution in [-0.4, -0.2) is 20.7 Å². The number of anilines is 1. The zero-order valence-corrected chi connectivity index (χ0v) is 17.4. The number of sulfonamides is 1. The number of hydrogen-bond acceptors (Lipinski definition) is 3. The maximum absolute atomic E-state index is 14.2. The normalized spacial score (nSPS) is 13.7. The maximum atomic E-state index is 14.2. The van der Waals surface area contributed by atoms with Crippen molar-refractivity contribution in [3.05, 3.63) is 94.6 Å². The number of carbonyl (C=O) groups is 1. The predicted molar refractivity (Wildman–Crippen MR) is 110 cm³/mol. The largest absolute Gasteiger partial charge is 0.294 e. The van der Waals surface area contributed by atoms with Crippen molar-refractivity contribution in [2.75, 3.05) is 10.8 Å². The first-order valence-electron chi connectivity index (χ1n) is 9.75. The zero-order valence-electron chi connectivity index (χ0n) is 16.6. The molecule has 0 amide bonds. The van der Waals surface area contributed by atoms with Gasteiger partial charge in [0.2, 0.25) is 0 Å². The molecule has 1 aliphatic heterocycles. The van der Waals surface area contributed by atoms with Gasteiger partial charge in [-0.1, -0.05) is 18.2 Å². The number of ketones is 1. The van der Waals surface area contributed by atoms with E-state index in [4.69, 9.17) is 0 Å². The van der Waals surface area contributed by atoms with E-state index in [2.05, 4.69) is 0 Å². The van der Waals surface area contributed by atoms with Crippen molar-refractivity contribution in [2.24, 2.45) is 0 Å². The summed E-state index contributed by atoms with van der Waals surface area (Å²) >= 11 is 0.